The van der Waals surface area contributed by atoms with Crippen molar-refractivity contribution in [2.75, 3.05) is 40.3 Å². The molecule has 6 nitrogen and oxygen atoms in total. The van der Waals surface area contributed by atoms with Gasteiger partial charge >= 0.3 is 0 Å². The Balaban J connectivity index is 1.96. The second kappa shape index (κ2) is 10.2. The molecule has 0 bridgehead atoms. The molecule has 1 fully saturated rings. The van der Waals surface area contributed by atoms with Crippen LogP contribution in [0.15, 0.2) is 23.2 Å². The molecule has 0 saturated heterocycles. The maximum atomic E-state index is 14.1. The Morgan fingerprint density at radius 3 is 2.37 bits per heavy atom. The predicted molar refractivity (Wildman–Crippen MR) is 103 cm³/mol. The lowest BCUT2D eigenvalue weighted by Gasteiger charge is -2.24. The van der Waals surface area contributed by atoms with E-state index >= 15 is 0 Å². The monoisotopic (exact) mass is 381 g/mol. The number of carbonyl (C=O) groups excluding carboxylic acids is 1. The first-order valence-corrected chi connectivity index (χ1v) is 9.34. The Bertz CT molecular complexity index is 641. The first-order chi connectivity index (χ1) is 12.9. The average Bonchev–Trinajstić information content (AvgIpc) is 3.45. The lowest BCUT2D eigenvalue weighted by Crippen LogP contribution is -2.42. The molecule has 2 rings (SSSR count). The number of halogens is 2. The van der Waals surface area contributed by atoms with Crippen molar-refractivity contribution in [2.24, 2.45) is 10.9 Å². The molecule has 0 aliphatic heterocycles. The molecule has 8 heteroatoms. The van der Waals surface area contributed by atoms with Gasteiger partial charge in [0.05, 0.1) is 12.6 Å². The van der Waals surface area contributed by atoms with E-state index in [-0.39, 0.29) is 23.9 Å². The van der Waals surface area contributed by atoms with Crippen molar-refractivity contribution in [1.29, 1.82) is 0 Å². The molecular formula is C19H29F2N5O. The molecule has 1 saturated carbocycles. The van der Waals surface area contributed by atoms with Crippen molar-refractivity contribution in [3.63, 3.8) is 0 Å². The summed E-state index contributed by atoms with van der Waals surface area (Å²) in [5.41, 5.74) is 0.0128. The van der Waals surface area contributed by atoms with Gasteiger partial charge in [0.1, 0.15) is 11.6 Å². The zero-order valence-electron chi connectivity index (χ0n) is 16.2. The number of nitrogens with one attached hydrogen (secondary N) is 3. The van der Waals surface area contributed by atoms with E-state index in [0.29, 0.717) is 25.6 Å². The van der Waals surface area contributed by atoms with E-state index in [9.17, 15) is 13.6 Å². The highest BCUT2D eigenvalue weighted by Crippen LogP contribution is 2.28. The maximum absolute atomic E-state index is 14.1. The second-order valence-corrected chi connectivity index (χ2v) is 6.83. The third-order valence-electron chi connectivity index (χ3n) is 4.39. The summed E-state index contributed by atoms with van der Waals surface area (Å²) in [6, 6.07) is 3.33. The van der Waals surface area contributed by atoms with Crippen molar-refractivity contribution in [3.8, 4) is 0 Å². The standard InChI is InChI=1S/C19H29F2N5O/c1-4-22-19(24-11-10-23-18(27)13-8-9-13)25-12-16(26(2)3)17-14(20)6-5-7-15(17)21/h5-7,13,16H,4,8-12H2,1-3H3,(H,23,27)(H2,22,24,25). The van der Waals surface area contributed by atoms with Gasteiger partial charge in [-0.15, -0.1) is 0 Å². The van der Waals surface area contributed by atoms with Crippen LogP contribution in [0.5, 0.6) is 0 Å². The van der Waals surface area contributed by atoms with E-state index in [4.69, 9.17) is 0 Å². The van der Waals surface area contributed by atoms with Gasteiger partial charge in [-0.25, -0.2) is 8.78 Å². The van der Waals surface area contributed by atoms with Gasteiger partial charge in [-0.1, -0.05) is 6.07 Å². The fraction of sp³-hybridized carbons (Fsp3) is 0.579. The van der Waals surface area contributed by atoms with Crippen molar-refractivity contribution in [1.82, 2.24) is 20.9 Å². The second-order valence-electron chi connectivity index (χ2n) is 6.83. The van der Waals surface area contributed by atoms with E-state index in [1.165, 1.54) is 18.2 Å². The van der Waals surface area contributed by atoms with Crippen LogP contribution in [0.1, 0.15) is 31.4 Å². The highest BCUT2D eigenvalue weighted by Gasteiger charge is 2.29. The molecule has 1 amide bonds. The van der Waals surface area contributed by atoms with Crippen LogP contribution in [0.2, 0.25) is 0 Å². The lowest BCUT2D eigenvalue weighted by atomic mass is 10.0. The first kappa shape index (κ1) is 21.1. The number of carbonyl (C=O) groups is 1. The van der Waals surface area contributed by atoms with Gasteiger partial charge in [-0.2, -0.15) is 0 Å². The van der Waals surface area contributed by atoms with Gasteiger partial charge in [0.2, 0.25) is 5.91 Å². The molecule has 0 radical (unpaired) electrons. The number of amides is 1. The zero-order chi connectivity index (χ0) is 19.8. The lowest BCUT2D eigenvalue weighted by molar-refractivity contribution is -0.122. The number of likely N-dealkylation sites (N-methyl/N-ethyl adjacent to an activating group) is 1. The van der Waals surface area contributed by atoms with E-state index in [2.05, 4.69) is 20.9 Å². The number of benzene rings is 1. The Kier molecular flexibility index (Phi) is 7.97. The van der Waals surface area contributed by atoms with Gasteiger partial charge in [0.25, 0.3) is 0 Å². The van der Waals surface area contributed by atoms with Crippen LogP contribution in [-0.4, -0.2) is 57.0 Å². The van der Waals surface area contributed by atoms with Crippen LogP contribution in [-0.2, 0) is 4.79 Å². The number of rotatable bonds is 9. The largest absolute Gasteiger partial charge is 0.357 e. The third kappa shape index (κ3) is 6.46. The summed E-state index contributed by atoms with van der Waals surface area (Å²) in [5, 5.41) is 9.10. The summed E-state index contributed by atoms with van der Waals surface area (Å²) in [6.45, 7) is 3.80. The summed E-state index contributed by atoms with van der Waals surface area (Å²) in [6.07, 6.45) is 1.95. The SMILES string of the molecule is CCNC(=NCC(c1c(F)cccc1F)N(C)C)NCCNC(=O)C1CC1. The Morgan fingerprint density at radius 1 is 1.19 bits per heavy atom. The van der Waals surface area contributed by atoms with E-state index in [1.54, 1.807) is 19.0 Å². The summed E-state index contributed by atoms with van der Waals surface area (Å²) in [7, 11) is 3.53. The molecule has 1 aromatic carbocycles. The van der Waals surface area contributed by atoms with Gasteiger partial charge in [-0.3, -0.25) is 9.79 Å². The van der Waals surface area contributed by atoms with Crippen LogP contribution in [0.3, 0.4) is 0 Å². The summed E-state index contributed by atoms with van der Waals surface area (Å²) < 4.78 is 28.3. The Hall–Kier alpha value is -2.22. The fourth-order valence-electron chi connectivity index (χ4n) is 2.72. The van der Waals surface area contributed by atoms with Crippen molar-refractivity contribution in [2.45, 2.75) is 25.8 Å². The van der Waals surface area contributed by atoms with E-state index < -0.39 is 17.7 Å². The summed E-state index contributed by atoms with van der Waals surface area (Å²) in [4.78, 5) is 17.8. The van der Waals surface area contributed by atoms with Crippen LogP contribution in [0.4, 0.5) is 8.78 Å². The maximum Gasteiger partial charge on any atom is 0.223 e. The molecule has 1 aliphatic rings. The molecule has 27 heavy (non-hydrogen) atoms. The number of aliphatic imine (C=N–C) groups is 1. The van der Waals surface area contributed by atoms with Gasteiger partial charge in [0, 0.05) is 31.1 Å². The van der Waals surface area contributed by atoms with E-state index in [0.717, 1.165) is 12.8 Å². The topological polar surface area (TPSA) is 68.8 Å². The number of hydrogen-bond donors (Lipinski definition) is 3. The molecule has 1 aliphatic carbocycles. The minimum Gasteiger partial charge on any atom is -0.357 e. The van der Waals surface area contributed by atoms with Gasteiger partial charge < -0.3 is 20.9 Å². The number of nitrogens with zero attached hydrogens (tertiary/aromatic N) is 2. The van der Waals surface area contributed by atoms with Crippen molar-refractivity contribution < 1.29 is 13.6 Å². The molecule has 1 unspecified atom stereocenters. The molecule has 1 aromatic rings. The molecular weight excluding hydrogens is 352 g/mol. The third-order valence-corrected chi connectivity index (χ3v) is 4.39. The number of hydrogen-bond acceptors (Lipinski definition) is 3. The fourth-order valence-corrected chi connectivity index (χ4v) is 2.72. The Labute approximate surface area is 159 Å². The van der Waals surface area contributed by atoms with Crippen LogP contribution in [0, 0.1) is 17.6 Å². The smallest absolute Gasteiger partial charge is 0.223 e. The average molecular weight is 381 g/mol. The molecule has 1 atom stereocenters. The predicted octanol–water partition coefficient (Wildman–Crippen LogP) is 1.65. The Morgan fingerprint density at radius 2 is 1.81 bits per heavy atom. The molecule has 0 heterocycles. The van der Waals surface area contributed by atoms with Crippen LogP contribution >= 0.6 is 0 Å². The number of guanidine groups is 1. The highest BCUT2D eigenvalue weighted by molar-refractivity contribution is 5.81. The van der Waals surface area contributed by atoms with Crippen molar-refractivity contribution in [3.05, 3.63) is 35.4 Å². The van der Waals surface area contributed by atoms with Crippen molar-refractivity contribution >= 4 is 11.9 Å². The zero-order valence-corrected chi connectivity index (χ0v) is 16.2. The minimum absolute atomic E-state index is 0.0128. The molecule has 0 spiro atoms. The summed E-state index contributed by atoms with van der Waals surface area (Å²) in [5.74, 6) is -0.332. The van der Waals surface area contributed by atoms with E-state index in [1.807, 2.05) is 6.92 Å². The minimum atomic E-state index is -0.579. The quantitative estimate of drug-likeness (QED) is 0.346. The van der Waals surface area contributed by atoms with Gasteiger partial charge in [-0.05, 0) is 46.0 Å². The van der Waals surface area contributed by atoms with Crippen LogP contribution in [0.25, 0.3) is 0 Å². The molecule has 150 valence electrons. The normalized spacial score (nSPS) is 15.6. The van der Waals surface area contributed by atoms with Crippen LogP contribution < -0.4 is 16.0 Å². The first-order valence-electron chi connectivity index (χ1n) is 9.34. The molecule has 3 N–H and O–H groups in total. The highest BCUT2D eigenvalue weighted by atomic mass is 19.1. The summed E-state index contributed by atoms with van der Waals surface area (Å²) >= 11 is 0. The molecule has 0 aromatic heterocycles. The van der Waals surface area contributed by atoms with Gasteiger partial charge in [0.15, 0.2) is 5.96 Å².